The first-order valence-electron chi connectivity index (χ1n) is 5.54. The van der Waals surface area contributed by atoms with Gasteiger partial charge in [0.1, 0.15) is 5.75 Å². The Morgan fingerprint density at radius 3 is 2.88 bits per heavy atom. The number of nitrogens with two attached hydrogens (primary N) is 1. The Balaban J connectivity index is 2.68. The van der Waals surface area contributed by atoms with Crippen LogP contribution in [0, 0.1) is 0 Å². The molecule has 0 saturated carbocycles. The number of rotatable bonds is 6. The Bertz CT molecular complexity index is 361. The van der Waals surface area contributed by atoms with E-state index in [0.29, 0.717) is 12.3 Å². The highest BCUT2D eigenvalue weighted by Crippen LogP contribution is 2.25. The number of benzene rings is 1. The summed E-state index contributed by atoms with van der Waals surface area (Å²) in [5.74, 6) is 0.744. The first kappa shape index (κ1) is 12.4. The molecule has 0 aromatic heterocycles. The molecule has 0 heterocycles. The van der Waals surface area contributed by atoms with Gasteiger partial charge >= 0.3 is 0 Å². The number of nitrogen functional groups attached to an aromatic ring is 1. The lowest BCUT2D eigenvalue weighted by Crippen LogP contribution is -2.04. The molecule has 16 heavy (non-hydrogen) atoms. The zero-order chi connectivity index (χ0) is 12.0. The van der Waals surface area contributed by atoms with Gasteiger partial charge in [0.25, 0.3) is 0 Å². The largest absolute Gasteiger partial charge is 0.491 e. The summed E-state index contributed by atoms with van der Waals surface area (Å²) < 4.78 is 5.55. The smallest absolute Gasteiger partial charge is 0.144 e. The van der Waals surface area contributed by atoms with E-state index in [0.717, 1.165) is 30.0 Å². The minimum Gasteiger partial charge on any atom is -0.491 e. The SMILES string of the molecule is C=C(C)CNc1ccc(N)c(OCCC)c1. The Labute approximate surface area is 97.3 Å². The molecule has 3 nitrogen and oxygen atoms in total. The van der Waals surface area contributed by atoms with Gasteiger partial charge in [0.15, 0.2) is 0 Å². The van der Waals surface area contributed by atoms with E-state index in [1.807, 2.05) is 25.1 Å². The maximum absolute atomic E-state index is 5.82. The van der Waals surface area contributed by atoms with Crippen molar-refractivity contribution >= 4 is 11.4 Å². The first-order valence-corrected chi connectivity index (χ1v) is 5.54. The van der Waals surface area contributed by atoms with Crippen LogP contribution in [0.1, 0.15) is 20.3 Å². The summed E-state index contributed by atoms with van der Waals surface area (Å²) in [5.41, 5.74) is 8.58. The van der Waals surface area contributed by atoms with Gasteiger partial charge < -0.3 is 15.8 Å². The van der Waals surface area contributed by atoms with E-state index < -0.39 is 0 Å². The van der Waals surface area contributed by atoms with Gasteiger partial charge in [-0.15, -0.1) is 0 Å². The highest BCUT2D eigenvalue weighted by atomic mass is 16.5. The van der Waals surface area contributed by atoms with Crippen molar-refractivity contribution < 1.29 is 4.74 Å². The van der Waals surface area contributed by atoms with Crippen LogP contribution in [0.2, 0.25) is 0 Å². The van der Waals surface area contributed by atoms with Crippen molar-refractivity contribution in [1.29, 1.82) is 0 Å². The second-order valence-electron chi connectivity index (χ2n) is 3.91. The van der Waals surface area contributed by atoms with E-state index in [4.69, 9.17) is 10.5 Å². The second kappa shape index (κ2) is 6.05. The fourth-order valence-electron chi connectivity index (χ4n) is 1.23. The fourth-order valence-corrected chi connectivity index (χ4v) is 1.23. The fraction of sp³-hybridized carbons (Fsp3) is 0.385. The van der Waals surface area contributed by atoms with Gasteiger partial charge in [-0.25, -0.2) is 0 Å². The maximum atomic E-state index is 5.82. The van der Waals surface area contributed by atoms with Gasteiger partial charge in [-0.2, -0.15) is 0 Å². The van der Waals surface area contributed by atoms with Gasteiger partial charge in [-0.3, -0.25) is 0 Å². The van der Waals surface area contributed by atoms with Gasteiger partial charge in [0.2, 0.25) is 0 Å². The molecular formula is C13H20N2O. The zero-order valence-corrected chi connectivity index (χ0v) is 10.0. The van der Waals surface area contributed by atoms with Crippen molar-refractivity contribution in [3.05, 3.63) is 30.4 Å². The van der Waals surface area contributed by atoms with Gasteiger partial charge in [0.05, 0.1) is 12.3 Å². The Morgan fingerprint density at radius 2 is 2.25 bits per heavy atom. The van der Waals surface area contributed by atoms with E-state index in [-0.39, 0.29) is 0 Å². The molecule has 0 aliphatic rings. The standard InChI is InChI=1S/C13H20N2O/c1-4-7-16-13-8-11(5-6-12(13)14)15-9-10(2)3/h5-6,8,15H,2,4,7,9,14H2,1,3H3. The Kier molecular flexibility index (Phi) is 4.70. The summed E-state index contributed by atoms with van der Waals surface area (Å²) in [7, 11) is 0. The minimum atomic E-state index is 0.675. The molecule has 0 saturated heterocycles. The Hall–Kier alpha value is -1.64. The average molecular weight is 220 g/mol. The van der Waals surface area contributed by atoms with E-state index in [1.54, 1.807) is 0 Å². The molecule has 0 fully saturated rings. The lowest BCUT2D eigenvalue weighted by molar-refractivity contribution is 0.319. The number of hydrogen-bond acceptors (Lipinski definition) is 3. The molecular weight excluding hydrogens is 200 g/mol. The summed E-state index contributed by atoms with van der Waals surface area (Å²) in [6, 6.07) is 5.72. The van der Waals surface area contributed by atoms with E-state index in [1.165, 1.54) is 0 Å². The summed E-state index contributed by atoms with van der Waals surface area (Å²) in [6.07, 6.45) is 0.975. The van der Waals surface area contributed by atoms with E-state index >= 15 is 0 Å². The number of ether oxygens (including phenoxy) is 1. The third kappa shape index (κ3) is 3.85. The molecule has 1 rings (SSSR count). The van der Waals surface area contributed by atoms with Crippen molar-refractivity contribution in [2.45, 2.75) is 20.3 Å². The van der Waals surface area contributed by atoms with Crippen LogP contribution in [-0.4, -0.2) is 13.2 Å². The van der Waals surface area contributed by atoms with E-state index in [9.17, 15) is 0 Å². The normalized spacial score (nSPS) is 9.88. The predicted molar refractivity (Wildman–Crippen MR) is 69.9 cm³/mol. The highest BCUT2D eigenvalue weighted by Gasteiger charge is 2.01. The predicted octanol–water partition coefficient (Wildman–Crippen LogP) is 3.05. The van der Waals surface area contributed by atoms with Gasteiger partial charge in [-0.05, 0) is 25.5 Å². The number of anilines is 2. The highest BCUT2D eigenvalue weighted by molar-refractivity contribution is 5.61. The van der Waals surface area contributed by atoms with Crippen LogP contribution < -0.4 is 15.8 Å². The average Bonchev–Trinajstić information content (AvgIpc) is 2.26. The topological polar surface area (TPSA) is 47.3 Å². The molecule has 0 bridgehead atoms. The van der Waals surface area contributed by atoms with Crippen LogP contribution in [-0.2, 0) is 0 Å². The molecule has 3 N–H and O–H groups in total. The molecule has 3 heteroatoms. The van der Waals surface area contributed by atoms with Crippen LogP contribution >= 0.6 is 0 Å². The molecule has 1 aromatic rings. The van der Waals surface area contributed by atoms with Crippen LogP contribution in [0.15, 0.2) is 30.4 Å². The molecule has 0 aliphatic heterocycles. The lowest BCUT2D eigenvalue weighted by atomic mass is 10.2. The second-order valence-corrected chi connectivity index (χ2v) is 3.91. The Morgan fingerprint density at radius 1 is 1.50 bits per heavy atom. The minimum absolute atomic E-state index is 0.675. The zero-order valence-electron chi connectivity index (χ0n) is 10.0. The van der Waals surface area contributed by atoms with Crippen LogP contribution in [0.5, 0.6) is 5.75 Å². The third-order valence-corrected chi connectivity index (χ3v) is 2.07. The summed E-state index contributed by atoms with van der Waals surface area (Å²) in [5, 5.41) is 3.25. The van der Waals surface area contributed by atoms with Crippen molar-refractivity contribution in [3.63, 3.8) is 0 Å². The van der Waals surface area contributed by atoms with Crippen LogP contribution in [0.3, 0.4) is 0 Å². The van der Waals surface area contributed by atoms with Crippen LogP contribution in [0.25, 0.3) is 0 Å². The van der Waals surface area contributed by atoms with Gasteiger partial charge in [0, 0.05) is 18.3 Å². The monoisotopic (exact) mass is 220 g/mol. The number of nitrogens with one attached hydrogen (secondary N) is 1. The summed E-state index contributed by atoms with van der Waals surface area (Å²) >= 11 is 0. The van der Waals surface area contributed by atoms with Crippen molar-refractivity contribution in [1.82, 2.24) is 0 Å². The molecule has 0 aliphatic carbocycles. The first-order chi connectivity index (χ1) is 7.63. The molecule has 0 spiro atoms. The van der Waals surface area contributed by atoms with Gasteiger partial charge in [-0.1, -0.05) is 19.1 Å². The lowest BCUT2D eigenvalue weighted by Gasteiger charge is -2.11. The third-order valence-electron chi connectivity index (χ3n) is 2.07. The molecule has 88 valence electrons. The maximum Gasteiger partial charge on any atom is 0.144 e. The van der Waals surface area contributed by atoms with Crippen molar-refractivity contribution in [3.8, 4) is 5.75 Å². The van der Waals surface area contributed by atoms with Crippen molar-refractivity contribution in [2.24, 2.45) is 0 Å². The summed E-state index contributed by atoms with van der Waals surface area (Å²) in [4.78, 5) is 0. The molecule has 0 atom stereocenters. The number of hydrogen-bond donors (Lipinski definition) is 2. The molecule has 1 aromatic carbocycles. The quantitative estimate of drug-likeness (QED) is 0.572. The summed E-state index contributed by atoms with van der Waals surface area (Å²) in [6.45, 7) is 9.34. The van der Waals surface area contributed by atoms with E-state index in [2.05, 4.69) is 18.8 Å². The molecule has 0 radical (unpaired) electrons. The molecule has 0 unspecified atom stereocenters. The van der Waals surface area contributed by atoms with Crippen molar-refractivity contribution in [2.75, 3.05) is 24.2 Å². The van der Waals surface area contributed by atoms with Crippen LogP contribution in [0.4, 0.5) is 11.4 Å². The molecule has 0 amide bonds.